The maximum absolute atomic E-state index is 4.36. The maximum Gasteiger partial charge on any atom is 0.0492 e. The summed E-state index contributed by atoms with van der Waals surface area (Å²) in [4.78, 5) is 0. The first-order valence-electron chi connectivity index (χ1n) is 6.04. The van der Waals surface area contributed by atoms with E-state index in [0.29, 0.717) is 12.0 Å². The van der Waals surface area contributed by atoms with Crippen molar-refractivity contribution in [1.82, 2.24) is 15.1 Å². The highest BCUT2D eigenvalue weighted by Gasteiger charge is 2.24. The summed E-state index contributed by atoms with van der Waals surface area (Å²) < 4.78 is 2.14. The minimum Gasteiger partial charge on any atom is -0.317 e. The second kappa shape index (κ2) is 4.79. The van der Waals surface area contributed by atoms with Gasteiger partial charge in [-0.3, -0.25) is 4.68 Å². The van der Waals surface area contributed by atoms with Crippen LogP contribution in [-0.4, -0.2) is 22.9 Å². The van der Waals surface area contributed by atoms with Gasteiger partial charge in [-0.25, -0.2) is 0 Å². The Morgan fingerprint density at radius 2 is 2.40 bits per heavy atom. The number of nitrogens with zero attached hydrogens (tertiary/aromatic N) is 2. The quantitative estimate of drug-likeness (QED) is 0.823. The van der Waals surface area contributed by atoms with Gasteiger partial charge in [0, 0.05) is 30.4 Å². The van der Waals surface area contributed by atoms with Gasteiger partial charge in [-0.1, -0.05) is 6.42 Å². The summed E-state index contributed by atoms with van der Waals surface area (Å²) in [5, 5.41) is 7.76. The molecule has 0 spiro atoms. The van der Waals surface area contributed by atoms with E-state index >= 15 is 0 Å². The van der Waals surface area contributed by atoms with Gasteiger partial charge in [-0.15, -0.1) is 0 Å². The van der Waals surface area contributed by atoms with Gasteiger partial charge in [-0.05, 0) is 39.3 Å². The molecule has 0 amide bonds. The molecule has 15 heavy (non-hydrogen) atoms. The molecule has 1 N–H and O–H groups in total. The highest BCUT2D eigenvalue weighted by Crippen LogP contribution is 2.32. The van der Waals surface area contributed by atoms with Crippen molar-refractivity contribution in [3.8, 4) is 0 Å². The normalized spacial score (nSPS) is 26.8. The molecule has 2 rings (SSSR count). The summed E-state index contributed by atoms with van der Waals surface area (Å²) in [6.45, 7) is 3.15. The summed E-state index contributed by atoms with van der Waals surface area (Å²) in [5.41, 5.74) is 1.43. The lowest BCUT2D eigenvalue weighted by atomic mass is 9.84. The Hall–Kier alpha value is -0.830. The van der Waals surface area contributed by atoms with Crippen molar-refractivity contribution in [2.75, 3.05) is 7.05 Å². The average Bonchev–Trinajstić information content (AvgIpc) is 2.77. The van der Waals surface area contributed by atoms with Gasteiger partial charge >= 0.3 is 0 Å². The molecule has 1 fully saturated rings. The van der Waals surface area contributed by atoms with Crippen LogP contribution in [0.4, 0.5) is 0 Å². The molecular weight excluding hydrogens is 186 g/mol. The summed E-state index contributed by atoms with van der Waals surface area (Å²) >= 11 is 0. The molecular formula is C12H21N3. The lowest BCUT2D eigenvalue weighted by Gasteiger charge is -2.29. The van der Waals surface area contributed by atoms with E-state index in [2.05, 4.69) is 35.1 Å². The zero-order chi connectivity index (χ0) is 10.7. The largest absolute Gasteiger partial charge is 0.317 e. The molecule has 0 aromatic carbocycles. The summed E-state index contributed by atoms with van der Waals surface area (Å²) in [6, 6.07) is 2.88. The van der Waals surface area contributed by atoms with E-state index in [4.69, 9.17) is 0 Å². The van der Waals surface area contributed by atoms with Crippen LogP contribution >= 0.6 is 0 Å². The molecule has 1 aliphatic carbocycles. The predicted octanol–water partition coefficient (Wildman–Crippen LogP) is 2.15. The van der Waals surface area contributed by atoms with Gasteiger partial charge in [0.1, 0.15) is 0 Å². The van der Waals surface area contributed by atoms with E-state index in [9.17, 15) is 0 Å². The third kappa shape index (κ3) is 2.23. The van der Waals surface area contributed by atoms with Gasteiger partial charge in [0.15, 0.2) is 0 Å². The van der Waals surface area contributed by atoms with E-state index in [-0.39, 0.29) is 0 Å². The molecule has 3 nitrogen and oxygen atoms in total. The van der Waals surface area contributed by atoms with Gasteiger partial charge in [0.25, 0.3) is 0 Å². The minimum absolute atomic E-state index is 0.698. The van der Waals surface area contributed by atoms with Gasteiger partial charge in [0.05, 0.1) is 0 Å². The molecule has 1 aliphatic rings. The Balaban J connectivity index is 2.09. The highest BCUT2D eigenvalue weighted by molar-refractivity contribution is 5.09. The standard InChI is InChI=1S/C12H21N3/c1-3-15-12(7-8-14-15)10-5-4-6-11(9-10)13-2/h7-8,10-11,13H,3-6,9H2,1-2H3. The van der Waals surface area contributed by atoms with Crippen LogP contribution in [-0.2, 0) is 6.54 Å². The fraction of sp³-hybridized carbons (Fsp3) is 0.750. The Morgan fingerprint density at radius 1 is 1.53 bits per heavy atom. The van der Waals surface area contributed by atoms with Crippen LogP contribution in [0, 0.1) is 0 Å². The van der Waals surface area contributed by atoms with Gasteiger partial charge in [-0.2, -0.15) is 5.10 Å². The van der Waals surface area contributed by atoms with E-state index < -0.39 is 0 Å². The van der Waals surface area contributed by atoms with Crippen molar-refractivity contribution in [3.63, 3.8) is 0 Å². The van der Waals surface area contributed by atoms with Crippen molar-refractivity contribution in [2.45, 2.75) is 51.1 Å². The van der Waals surface area contributed by atoms with Crippen LogP contribution in [0.5, 0.6) is 0 Å². The molecule has 0 radical (unpaired) electrons. The van der Waals surface area contributed by atoms with E-state index in [0.717, 1.165) is 6.54 Å². The molecule has 2 unspecified atom stereocenters. The van der Waals surface area contributed by atoms with Crippen LogP contribution in [0.1, 0.15) is 44.2 Å². The summed E-state index contributed by atoms with van der Waals surface area (Å²) in [7, 11) is 2.07. The van der Waals surface area contributed by atoms with Gasteiger partial charge in [0.2, 0.25) is 0 Å². The number of rotatable bonds is 3. The summed E-state index contributed by atoms with van der Waals surface area (Å²) in [6.07, 6.45) is 7.19. The molecule has 0 saturated heterocycles. The Morgan fingerprint density at radius 3 is 3.13 bits per heavy atom. The smallest absolute Gasteiger partial charge is 0.0492 e. The highest BCUT2D eigenvalue weighted by atomic mass is 15.3. The average molecular weight is 207 g/mol. The number of aromatic nitrogens is 2. The second-order valence-corrected chi connectivity index (χ2v) is 4.42. The number of hydrogen-bond donors (Lipinski definition) is 1. The van der Waals surface area contributed by atoms with Crippen LogP contribution in [0.15, 0.2) is 12.3 Å². The fourth-order valence-electron chi connectivity index (χ4n) is 2.67. The molecule has 1 saturated carbocycles. The van der Waals surface area contributed by atoms with Crippen molar-refractivity contribution < 1.29 is 0 Å². The monoisotopic (exact) mass is 207 g/mol. The second-order valence-electron chi connectivity index (χ2n) is 4.42. The van der Waals surface area contributed by atoms with Crippen LogP contribution in [0.2, 0.25) is 0 Å². The minimum atomic E-state index is 0.698. The number of nitrogens with one attached hydrogen (secondary N) is 1. The lowest BCUT2D eigenvalue weighted by Crippen LogP contribution is -2.31. The van der Waals surface area contributed by atoms with Crippen molar-refractivity contribution in [1.29, 1.82) is 0 Å². The van der Waals surface area contributed by atoms with E-state index in [1.165, 1.54) is 31.4 Å². The number of aryl methyl sites for hydroxylation is 1. The molecule has 3 heteroatoms. The maximum atomic E-state index is 4.36. The van der Waals surface area contributed by atoms with Crippen LogP contribution in [0.3, 0.4) is 0 Å². The lowest BCUT2D eigenvalue weighted by molar-refractivity contribution is 0.343. The zero-order valence-electron chi connectivity index (χ0n) is 9.74. The van der Waals surface area contributed by atoms with Crippen LogP contribution in [0.25, 0.3) is 0 Å². The predicted molar refractivity (Wildman–Crippen MR) is 62.0 cm³/mol. The third-order valence-electron chi connectivity index (χ3n) is 3.55. The first-order chi connectivity index (χ1) is 7.35. The zero-order valence-corrected chi connectivity index (χ0v) is 9.74. The molecule has 0 aliphatic heterocycles. The van der Waals surface area contributed by atoms with E-state index in [1.807, 2.05) is 6.20 Å². The molecule has 1 heterocycles. The van der Waals surface area contributed by atoms with Gasteiger partial charge < -0.3 is 5.32 Å². The molecule has 1 aromatic rings. The Labute approximate surface area is 91.9 Å². The Bertz CT molecular complexity index is 306. The van der Waals surface area contributed by atoms with Crippen molar-refractivity contribution in [3.05, 3.63) is 18.0 Å². The van der Waals surface area contributed by atoms with Crippen molar-refractivity contribution in [2.24, 2.45) is 0 Å². The first-order valence-corrected chi connectivity index (χ1v) is 6.04. The third-order valence-corrected chi connectivity index (χ3v) is 3.55. The number of hydrogen-bond acceptors (Lipinski definition) is 2. The summed E-state index contributed by atoms with van der Waals surface area (Å²) in [5.74, 6) is 0.707. The van der Waals surface area contributed by atoms with Crippen LogP contribution < -0.4 is 5.32 Å². The van der Waals surface area contributed by atoms with Crippen molar-refractivity contribution >= 4 is 0 Å². The molecule has 84 valence electrons. The molecule has 0 bridgehead atoms. The topological polar surface area (TPSA) is 29.9 Å². The van der Waals surface area contributed by atoms with E-state index in [1.54, 1.807) is 0 Å². The Kier molecular flexibility index (Phi) is 3.41. The fourth-order valence-corrected chi connectivity index (χ4v) is 2.67. The first kappa shape index (κ1) is 10.7. The molecule has 2 atom stereocenters. The SMILES string of the molecule is CCn1nccc1C1CCCC(NC)C1. The molecule has 1 aromatic heterocycles.